The molecular weight excluding hydrogens is 374 g/mol. The lowest BCUT2D eigenvalue weighted by atomic mass is 10.1. The van der Waals surface area contributed by atoms with Gasteiger partial charge in [0, 0.05) is 5.56 Å². The van der Waals surface area contributed by atoms with Gasteiger partial charge < -0.3 is 14.8 Å². The zero-order valence-electron chi connectivity index (χ0n) is 15.7. The summed E-state index contributed by atoms with van der Waals surface area (Å²) >= 11 is 1.29. The molecule has 3 rings (SSSR count). The maximum atomic E-state index is 13.0. The number of nitrogens with one attached hydrogen (secondary N) is 1. The minimum absolute atomic E-state index is 0.444. The van der Waals surface area contributed by atoms with Crippen LogP contribution in [-0.4, -0.2) is 18.5 Å². The highest BCUT2D eigenvalue weighted by molar-refractivity contribution is 7.12. The van der Waals surface area contributed by atoms with Gasteiger partial charge in [-0.2, -0.15) is 0 Å². The lowest BCUT2D eigenvalue weighted by Gasteiger charge is -2.19. The van der Waals surface area contributed by atoms with E-state index in [2.05, 4.69) is 5.32 Å². The van der Waals surface area contributed by atoms with Crippen LogP contribution >= 0.6 is 11.3 Å². The number of para-hydroxylation sites is 2. The van der Waals surface area contributed by atoms with E-state index in [4.69, 9.17) is 9.47 Å². The van der Waals surface area contributed by atoms with Gasteiger partial charge in [-0.25, -0.2) is 4.79 Å². The van der Waals surface area contributed by atoms with Gasteiger partial charge in [0.2, 0.25) is 6.10 Å². The number of esters is 1. The normalized spacial score (nSPS) is 11.5. The lowest BCUT2D eigenvalue weighted by molar-refractivity contribution is -0.125. The topological polar surface area (TPSA) is 64.6 Å². The van der Waals surface area contributed by atoms with Crippen LogP contribution in [0.25, 0.3) is 0 Å². The van der Waals surface area contributed by atoms with E-state index in [0.717, 1.165) is 5.56 Å². The van der Waals surface area contributed by atoms with E-state index in [0.29, 0.717) is 28.5 Å². The first kappa shape index (κ1) is 19.6. The first-order valence-electron chi connectivity index (χ1n) is 8.93. The van der Waals surface area contributed by atoms with Crippen molar-refractivity contribution in [1.29, 1.82) is 0 Å². The van der Waals surface area contributed by atoms with Gasteiger partial charge >= 0.3 is 5.97 Å². The molecule has 28 heavy (non-hydrogen) atoms. The van der Waals surface area contributed by atoms with E-state index in [1.54, 1.807) is 42.5 Å². The molecular formula is C22H21NO4S. The van der Waals surface area contributed by atoms with E-state index in [1.165, 1.54) is 11.3 Å². The summed E-state index contributed by atoms with van der Waals surface area (Å²) in [6.45, 7) is 4.18. The number of hydrogen-bond donors (Lipinski definition) is 1. The molecule has 0 fully saturated rings. The number of amides is 1. The predicted octanol–water partition coefficient (Wildman–Crippen LogP) is 4.99. The van der Waals surface area contributed by atoms with E-state index < -0.39 is 18.0 Å². The summed E-state index contributed by atoms with van der Waals surface area (Å²) in [5, 5.41) is 4.64. The third-order valence-corrected chi connectivity index (χ3v) is 5.05. The molecule has 0 saturated heterocycles. The Balaban J connectivity index is 1.86. The molecule has 1 aromatic heterocycles. The first-order chi connectivity index (χ1) is 13.6. The molecule has 0 saturated carbocycles. The summed E-state index contributed by atoms with van der Waals surface area (Å²) < 4.78 is 11.2. The van der Waals surface area contributed by atoms with Crippen LogP contribution in [0.15, 0.2) is 66.0 Å². The molecule has 1 heterocycles. The van der Waals surface area contributed by atoms with Gasteiger partial charge in [-0.1, -0.05) is 42.5 Å². The number of carbonyl (C=O) groups excluding carboxylic acids is 2. The molecule has 0 aliphatic heterocycles. The molecule has 1 amide bonds. The van der Waals surface area contributed by atoms with Gasteiger partial charge in [0.1, 0.15) is 10.6 Å². The second-order valence-electron chi connectivity index (χ2n) is 6.05. The zero-order chi connectivity index (χ0) is 19.9. The van der Waals surface area contributed by atoms with Crippen LogP contribution in [0.3, 0.4) is 0 Å². The van der Waals surface area contributed by atoms with Crippen LogP contribution in [0.5, 0.6) is 5.75 Å². The molecule has 1 unspecified atom stereocenters. The van der Waals surface area contributed by atoms with Gasteiger partial charge in [-0.3, -0.25) is 4.79 Å². The fourth-order valence-corrected chi connectivity index (χ4v) is 3.50. The maximum Gasteiger partial charge on any atom is 0.349 e. The smallest absolute Gasteiger partial charge is 0.349 e. The molecule has 2 aromatic carbocycles. The average Bonchev–Trinajstić information content (AvgIpc) is 3.14. The Kier molecular flexibility index (Phi) is 6.45. The third kappa shape index (κ3) is 4.58. The number of ether oxygens (including phenoxy) is 2. The van der Waals surface area contributed by atoms with Gasteiger partial charge in [0.15, 0.2) is 0 Å². The Morgan fingerprint density at radius 3 is 2.43 bits per heavy atom. The summed E-state index contributed by atoms with van der Waals surface area (Å²) in [5.74, 6) is -0.402. The number of rotatable bonds is 7. The van der Waals surface area contributed by atoms with Crippen LogP contribution in [0.4, 0.5) is 5.69 Å². The molecule has 0 radical (unpaired) electrons. The zero-order valence-corrected chi connectivity index (χ0v) is 16.5. The highest BCUT2D eigenvalue weighted by atomic mass is 32.1. The van der Waals surface area contributed by atoms with Gasteiger partial charge in [0.25, 0.3) is 5.91 Å². The third-order valence-electron chi connectivity index (χ3n) is 4.06. The average molecular weight is 395 g/mol. The summed E-state index contributed by atoms with van der Waals surface area (Å²) in [4.78, 5) is 26.1. The van der Waals surface area contributed by atoms with Crippen LogP contribution in [0, 0.1) is 6.92 Å². The van der Waals surface area contributed by atoms with E-state index in [9.17, 15) is 9.59 Å². The SMILES string of the molecule is CCOc1ccccc1NC(=O)C(OC(=O)c1sccc1C)c1ccccc1. The summed E-state index contributed by atoms with van der Waals surface area (Å²) in [5.41, 5.74) is 1.94. The van der Waals surface area contributed by atoms with Crippen molar-refractivity contribution in [3.8, 4) is 5.75 Å². The van der Waals surface area contributed by atoms with Crippen LogP contribution in [0.2, 0.25) is 0 Å². The van der Waals surface area contributed by atoms with Crippen molar-refractivity contribution in [3.63, 3.8) is 0 Å². The minimum atomic E-state index is -1.08. The second-order valence-corrected chi connectivity index (χ2v) is 6.96. The summed E-state index contributed by atoms with van der Waals surface area (Å²) in [6, 6.07) is 18.0. The predicted molar refractivity (Wildman–Crippen MR) is 110 cm³/mol. The van der Waals surface area contributed by atoms with Crippen LogP contribution in [0.1, 0.15) is 33.8 Å². The molecule has 0 aliphatic rings. The molecule has 0 bridgehead atoms. The highest BCUT2D eigenvalue weighted by Crippen LogP contribution is 2.28. The first-order valence-corrected chi connectivity index (χ1v) is 9.80. The molecule has 1 N–H and O–H groups in total. The fraction of sp³-hybridized carbons (Fsp3) is 0.182. The monoisotopic (exact) mass is 395 g/mol. The Bertz CT molecular complexity index is 952. The number of hydrogen-bond acceptors (Lipinski definition) is 5. The van der Waals surface area contributed by atoms with E-state index >= 15 is 0 Å². The Morgan fingerprint density at radius 2 is 1.75 bits per heavy atom. The standard InChI is InChI=1S/C22H21NO4S/c1-3-26-18-12-8-7-11-17(18)23-21(24)19(16-9-5-4-6-10-16)27-22(25)20-15(2)13-14-28-20/h4-14,19H,3H2,1-2H3,(H,23,24). The van der Waals surface area contributed by atoms with Crippen LogP contribution < -0.4 is 10.1 Å². The maximum absolute atomic E-state index is 13.0. The Hall–Kier alpha value is -3.12. The molecule has 6 heteroatoms. The van der Waals surface area contributed by atoms with Crippen molar-refractivity contribution >= 4 is 28.9 Å². The summed E-state index contributed by atoms with van der Waals surface area (Å²) in [6.07, 6.45) is -1.08. The quantitative estimate of drug-likeness (QED) is 0.572. The van der Waals surface area contributed by atoms with E-state index in [-0.39, 0.29) is 0 Å². The highest BCUT2D eigenvalue weighted by Gasteiger charge is 2.27. The lowest BCUT2D eigenvalue weighted by Crippen LogP contribution is -2.26. The molecule has 0 aliphatic carbocycles. The molecule has 144 valence electrons. The Morgan fingerprint density at radius 1 is 1.04 bits per heavy atom. The largest absolute Gasteiger partial charge is 0.492 e. The fourth-order valence-electron chi connectivity index (χ4n) is 2.69. The molecule has 3 aromatic rings. The number of thiophene rings is 1. The number of benzene rings is 2. The van der Waals surface area contributed by atoms with Gasteiger partial charge in [-0.05, 0) is 43.0 Å². The molecule has 0 spiro atoms. The van der Waals surface area contributed by atoms with Crippen molar-refractivity contribution in [2.45, 2.75) is 20.0 Å². The number of carbonyl (C=O) groups is 2. The molecule has 1 atom stereocenters. The van der Waals surface area contributed by atoms with Gasteiger partial charge in [0.05, 0.1) is 12.3 Å². The van der Waals surface area contributed by atoms with Crippen molar-refractivity contribution in [2.75, 3.05) is 11.9 Å². The molecule has 5 nitrogen and oxygen atoms in total. The van der Waals surface area contributed by atoms with Crippen molar-refractivity contribution in [1.82, 2.24) is 0 Å². The number of anilines is 1. The second kappa shape index (κ2) is 9.19. The van der Waals surface area contributed by atoms with Crippen molar-refractivity contribution in [2.24, 2.45) is 0 Å². The Labute approximate surface area is 167 Å². The van der Waals surface area contributed by atoms with Crippen LogP contribution in [-0.2, 0) is 9.53 Å². The van der Waals surface area contributed by atoms with Crippen molar-refractivity contribution < 1.29 is 19.1 Å². The van der Waals surface area contributed by atoms with Gasteiger partial charge in [-0.15, -0.1) is 11.3 Å². The van der Waals surface area contributed by atoms with Crippen molar-refractivity contribution in [3.05, 3.63) is 82.0 Å². The summed E-state index contributed by atoms with van der Waals surface area (Å²) in [7, 11) is 0. The minimum Gasteiger partial charge on any atom is -0.492 e. The van der Waals surface area contributed by atoms with E-state index in [1.807, 2.05) is 37.4 Å². The number of aryl methyl sites for hydroxylation is 1.